The van der Waals surface area contributed by atoms with E-state index in [1.165, 1.54) is 16.3 Å². The van der Waals surface area contributed by atoms with Crippen molar-refractivity contribution in [2.75, 3.05) is 0 Å². The van der Waals surface area contributed by atoms with Gasteiger partial charge in [-0.15, -0.1) is 10.2 Å². The Balaban J connectivity index is 1.39. The molecule has 0 spiro atoms. The summed E-state index contributed by atoms with van der Waals surface area (Å²) in [6.45, 7) is 0. The molecule has 0 unspecified atom stereocenters. The Bertz CT molecular complexity index is 1590. The summed E-state index contributed by atoms with van der Waals surface area (Å²) in [6.07, 6.45) is 2.46. The molecule has 3 aromatic heterocycles. The van der Waals surface area contributed by atoms with E-state index >= 15 is 0 Å². The summed E-state index contributed by atoms with van der Waals surface area (Å²) in [5.74, 6) is 1.63. The summed E-state index contributed by atoms with van der Waals surface area (Å²) in [4.78, 5) is 7.79. The zero-order chi connectivity index (χ0) is 22.9. The van der Waals surface area contributed by atoms with Gasteiger partial charge in [0.2, 0.25) is 0 Å². The molecule has 0 saturated carbocycles. The number of benzene rings is 3. The predicted octanol–water partition coefficient (Wildman–Crippen LogP) is 6.83. The Morgan fingerprint density at radius 1 is 0.824 bits per heavy atom. The number of fused-ring (bicyclic) bond motifs is 3. The van der Waals surface area contributed by atoms with E-state index in [1.54, 1.807) is 18.0 Å². The summed E-state index contributed by atoms with van der Waals surface area (Å²) in [7, 11) is 0. The number of nitrogens with one attached hydrogen (secondary N) is 1. The lowest BCUT2D eigenvalue weighted by molar-refractivity contribution is 0.849. The largest absolute Gasteiger partial charge is 0.354 e. The number of para-hydroxylation sites is 3. The lowest BCUT2D eigenvalue weighted by Crippen LogP contribution is -2.04. The predicted molar refractivity (Wildman–Crippen MR) is 139 cm³/mol. The van der Waals surface area contributed by atoms with Crippen molar-refractivity contribution in [2.24, 2.45) is 0 Å². The number of aromatic amines is 1. The number of pyridine rings is 1. The van der Waals surface area contributed by atoms with Crippen molar-refractivity contribution in [1.82, 2.24) is 24.7 Å². The molecule has 0 radical (unpaired) electrons. The van der Waals surface area contributed by atoms with Crippen molar-refractivity contribution in [3.05, 3.63) is 113 Å². The highest BCUT2D eigenvalue weighted by atomic mass is 35.5. The highest BCUT2D eigenvalue weighted by molar-refractivity contribution is 7.98. The van der Waals surface area contributed by atoms with Crippen molar-refractivity contribution >= 4 is 45.2 Å². The van der Waals surface area contributed by atoms with E-state index in [1.807, 2.05) is 30.3 Å². The molecule has 5 nitrogen and oxygen atoms in total. The third-order valence-electron chi connectivity index (χ3n) is 5.85. The molecule has 3 heterocycles. The minimum Gasteiger partial charge on any atom is -0.354 e. The molecule has 3 aromatic carbocycles. The van der Waals surface area contributed by atoms with Gasteiger partial charge in [-0.1, -0.05) is 84.0 Å². The molecule has 0 saturated heterocycles. The SMILES string of the molecule is Clc1ccc(CSc2nnc(Cc3cccc4c3[nH]c3ccccc34)n2-c2ccccc2)cn1. The van der Waals surface area contributed by atoms with Gasteiger partial charge in [0, 0.05) is 40.3 Å². The highest BCUT2D eigenvalue weighted by Gasteiger charge is 2.17. The van der Waals surface area contributed by atoms with Gasteiger partial charge in [-0.25, -0.2) is 4.98 Å². The van der Waals surface area contributed by atoms with Crippen molar-refractivity contribution in [3.8, 4) is 5.69 Å². The molecule has 0 amide bonds. The van der Waals surface area contributed by atoms with E-state index in [-0.39, 0.29) is 0 Å². The van der Waals surface area contributed by atoms with Crippen LogP contribution in [0.5, 0.6) is 0 Å². The maximum Gasteiger partial charge on any atom is 0.196 e. The molecule has 166 valence electrons. The fourth-order valence-electron chi connectivity index (χ4n) is 4.24. The van der Waals surface area contributed by atoms with Crippen LogP contribution in [0.2, 0.25) is 5.15 Å². The number of aromatic nitrogens is 5. The van der Waals surface area contributed by atoms with Crippen LogP contribution in [0.3, 0.4) is 0 Å². The summed E-state index contributed by atoms with van der Waals surface area (Å²) in [6, 6.07) is 28.9. The fourth-order valence-corrected chi connectivity index (χ4v) is 5.25. The number of H-pyrrole nitrogens is 1. The molecule has 1 N–H and O–H groups in total. The Morgan fingerprint density at radius 3 is 2.50 bits per heavy atom. The van der Waals surface area contributed by atoms with Gasteiger partial charge in [-0.05, 0) is 35.4 Å². The number of hydrogen-bond acceptors (Lipinski definition) is 4. The van der Waals surface area contributed by atoms with Gasteiger partial charge in [0.25, 0.3) is 0 Å². The first kappa shape index (κ1) is 21.0. The van der Waals surface area contributed by atoms with E-state index in [0.29, 0.717) is 11.6 Å². The Labute approximate surface area is 205 Å². The molecule has 6 aromatic rings. The monoisotopic (exact) mass is 481 g/mol. The lowest BCUT2D eigenvalue weighted by atomic mass is 10.1. The smallest absolute Gasteiger partial charge is 0.196 e. The van der Waals surface area contributed by atoms with E-state index in [4.69, 9.17) is 11.6 Å². The fraction of sp³-hybridized carbons (Fsp3) is 0.0741. The zero-order valence-corrected chi connectivity index (χ0v) is 19.7. The molecule has 0 aliphatic heterocycles. The van der Waals surface area contributed by atoms with Crippen LogP contribution in [0.25, 0.3) is 27.5 Å². The van der Waals surface area contributed by atoms with Crippen LogP contribution in [0.4, 0.5) is 0 Å². The third-order valence-corrected chi connectivity index (χ3v) is 7.07. The second-order valence-electron chi connectivity index (χ2n) is 8.03. The van der Waals surface area contributed by atoms with Crippen LogP contribution in [0, 0.1) is 0 Å². The van der Waals surface area contributed by atoms with E-state index in [9.17, 15) is 0 Å². The van der Waals surface area contributed by atoms with Crippen molar-refractivity contribution in [1.29, 1.82) is 0 Å². The summed E-state index contributed by atoms with van der Waals surface area (Å²) < 4.78 is 2.15. The lowest BCUT2D eigenvalue weighted by Gasteiger charge is -2.11. The first-order chi connectivity index (χ1) is 16.8. The first-order valence-corrected chi connectivity index (χ1v) is 12.3. The second-order valence-corrected chi connectivity index (χ2v) is 9.36. The Morgan fingerprint density at radius 2 is 1.65 bits per heavy atom. The third kappa shape index (κ3) is 3.95. The number of hydrogen-bond donors (Lipinski definition) is 1. The minimum absolute atomic E-state index is 0.495. The summed E-state index contributed by atoms with van der Waals surface area (Å²) in [5, 5.41) is 13.0. The van der Waals surface area contributed by atoms with Gasteiger partial charge in [0.15, 0.2) is 5.16 Å². The maximum absolute atomic E-state index is 5.93. The highest BCUT2D eigenvalue weighted by Crippen LogP contribution is 2.30. The number of nitrogens with zero attached hydrogens (tertiary/aromatic N) is 4. The molecule has 0 bridgehead atoms. The van der Waals surface area contributed by atoms with E-state index < -0.39 is 0 Å². The average molecular weight is 482 g/mol. The molecule has 0 aliphatic carbocycles. The van der Waals surface area contributed by atoms with Crippen LogP contribution in [-0.2, 0) is 12.2 Å². The van der Waals surface area contributed by atoms with Gasteiger partial charge in [0.05, 0.1) is 5.52 Å². The normalized spacial score (nSPS) is 11.4. The Hall–Kier alpha value is -3.61. The summed E-state index contributed by atoms with van der Waals surface area (Å²) in [5.41, 5.74) is 5.61. The van der Waals surface area contributed by atoms with Crippen LogP contribution in [-0.4, -0.2) is 24.7 Å². The van der Waals surface area contributed by atoms with Crippen molar-refractivity contribution in [3.63, 3.8) is 0 Å². The molecule has 7 heteroatoms. The van der Waals surface area contributed by atoms with Gasteiger partial charge in [0.1, 0.15) is 11.0 Å². The quantitative estimate of drug-likeness (QED) is 0.209. The maximum atomic E-state index is 5.93. The van der Waals surface area contributed by atoms with Crippen LogP contribution in [0.15, 0.2) is 96.3 Å². The van der Waals surface area contributed by atoms with Gasteiger partial charge in [-0.3, -0.25) is 4.57 Å². The molecular weight excluding hydrogens is 462 g/mol. The number of thioether (sulfide) groups is 1. The van der Waals surface area contributed by atoms with Crippen molar-refractivity contribution in [2.45, 2.75) is 17.3 Å². The minimum atomic E-state index is 0.495. The molecule has 0 aliphatic rings. The molecular formula is C27H20ClN5S. The molecule has 6 rings (SSSR count). The van der Waals surface area contributed by atoms with Gasteiger partial charge < -0.3 is 4.98 Å². The second kappa shape index (κ2) is 8.97. The van der Waals surface area contributed by atoms with Crippen LogP contribution < -0.4 is 0 Å². The standard InChI is InChI=1S/C27H20ClN5S/c28-24-14-13-18(16-29-24)17-34-27-32-31-25(33(27)20-8-2-1-3-9-20)15-19-7-6-11-22-21-10-4-5-12-23(21)30-26(19)22/h1-14,16,30H,15,17H2. The van der Waals surface area contributed by atoms with Gasteiger partial charge >= 0.3 is 0 Å². The topological polar surface area (TPSA) is 59.4 Å². The average Bonchev–Trinajstić information content (AvgIpc) is 3.46. The van der Waals surface area contributed by atoms with Crippen LogP contribution >= 0.6 is 23.4 Å². The molecule has 34 heavy (non-hydrogen) atoms. The van der Waals surface area contributed by atoms with Gasteiger partial charge in [-0.2, -0.15) is 0 Å². The first-order valence-electron chi connectivity index (χ1n) is 11.0. The molecule has 0 fully saturated rings. The number of rotatable bonds is 6. The molecule has 0 atom stereocenters. The number of halogens is 1. The van der Waals surface area contributed by atoms with E-state index in [2.05, 4.69) is 79.3 Å². The zero-order valence-electron chi connectivity index (χ0n) is 18.1. The Kier molecular flexibility index (Phi) is 5.53. The van der Waals surface area contributed by atoms with E-state index in [0.717, 1.165) is 39.0 Å². The summed E-state index contributed by atoms with van der Waals surface area (Å²) >= 11 is 7.57. The van der Waals surface area contributed by atoms with Crippen LogP contribution in [0.1, 0.15) is 17.0 Å². The van der Waals surface area contributed by atoms with Crippen molar-refractivity contribution < 1.29 is 0 Å².